The number of rotatable bonds is 4. The van der Waals surface area contributed by atoms with Gasteiger partial charge in [0.1, 0.15) is 6.04 Å². The van der Waals surface area contributed by atoms with Crippen LogP contribution in [0.4, 0.5) is 0 Å². The van der Waals surface area contributed by atoms with Crippen molar-refractivity contribution in [3.05, 3.63) is 36.0 Å². The molecule has 0 aliphatic carbocycles. The van der Waals surface area contributed by atoms with E-state index in [-0.39, 0.29) is 11.4 Å². The van der Waals surface area contributed by atoms with Gasteiger partial charge in [-0.15, -0.1) is 0 Å². The highest BCUT2D eigenvalue weighted by Crippen LogP contribution is 2.19. The van der Waals surface area contributed by atoms with Crippen LogP contribution in [-0.2, 0) is 16.0 Å². The van der Waals surface area contributed by atoms with E-state index >= 15 is 0 Å². The molecule has 1 unspecified atom stereocenters. The van der Waals surface area contributed by atoms with Gasteiger partial charge in [-0.2, -0.15) is 0 Å². The van der Waals surface area contributed by atoms with E-state index in [1.54, 1.807) is 0 Å². The van der Waals surface area contributed by atoms with Crippen LogP contribution >= 0.6 is 0 Å². The average molecular weight is 274 g/mol. The van der Waals surface area contributed by atoms with E-state index in [1.807, 2.05) is 51.2 Å². The Hall–Kier alpha value is -1.81. The van der Waals surface area contributed by atoms with Gasteiger partial charge in [0.2, 0.25) is 0 Å². The molecule has 4 nitrogen and oxygen atoms in total. The van der Waals surface area contributed by atoms with Crippen LogP contribution in [0.25, 0.3) is 10.9 Å². The van der Waals surface area contributed by atoms with E-state index in [4.69, 9.17) is 10.5 Å². The monoisotopic (exact) mass is 274 g/mol. The number of fused-ring (bicyclic) bond motifs is 1. The van der Waals surface area contributed by atoms with E-state index in [0.717, 1.165) is 16.5 Å². The molecule has 1 heterocycles. The van der Waals surface area contributed by atoms with Crippen molar-refractivity contribution >= 4 is 16.9 Å². The second-order valence-electron chi connectivity index (χ2n) is 6.34. The fraction of sp³-hybridized carbons (Fsp3) is 0.438. The minimum Gasteiger partial charge on any atom is -0.464 e. The fourth-order valence-electron chi connectivity index (χ4n) is 2.02. The van der Waals surface area contributed by atoms with Crippen LogP contribution in [0.3, 0.4) is 0 Å². The molecule has 1 atom stereocenters. The summed E-state index contributed by atoms with van der Waals surface area (Å²) in [7, 11) is 0. The van der Waals surface area contributed by atoms with Gasteiger partial charge in [0.05, 0.1) is 6.61 Å². The normalized spacial score (nSPS) is 13.4. The van der Waals surface area contributed by atoms with Crippen molar-refractivity contribution in [2.24, 2.45) is 11.1 Å². The van der Waals surface area contributed by atoms with Crippen molar-refractivity contribution in [2.45, 2.75) is 33.2 Å². The van der Waals surface area contributed by atoms with Crippen molar-refractivity contribution in [1.82, 2.24) is 4.98 Å². The number of aromatic amines is 1. The summed E-state index contributed by atoms with van der Waals surface area (Å²) in [5.41, 5.74) is 7.99. The van der Waals surface area contributed by atoms with Gasteiger partial charge >= 0.3 is 5.97 Å². The van der Waals surface area contributed by atoms with E-state index in [9.17, 15) is 4.79 Å². The molecule has 2 aromatic rings. The van der Waals surface area contributed by atoms with Crippen LogP contribution in [0.2, 0.25) is 0 Å². The zero-order valence-electron chi connectivity index (χ0n) is 12.3. The van der Waals surface area contributed by atoms with Gasteiger partial charge in [-0.3, -0.25) is 4.79 Å². The Kier molecular flexibility index (Phi) is 4.14. The number of nitrogens with two attached hydrogens (primary N) is 1. The van der Waals surface area contributed by atoms with Gasteiger partial charge in [-0.25, -0.2) is 0 Å². The Balaban J connectivity index is 2.00. The zero-order chi connectivity index (χ0) is 14.8. The molecule has 20 heavy (non-hydrogen) atoms. The third-order valence-corrected chi connectivity index (χ3v) is 3.06. The third kappa shape index (κ3) is 3.61. The molecule has 0 fully saturated rings. The van der Waals surface area contributed by atoms with E-state index in [2.05, 4.69) is 4.98 Å². The Morgan fingerprint density at radius 3 is 2.75 bits per heavy atom. The quantitative estimate of drug-likeness (QED) is 0.842. The maximum absolute atomic E-state index is 11.9. The molecule has 0 radical (unpaired) electrons. The Morgan fingerprint density at radius 2 is 2.05 bits per heavy atom. The summed E-state index contributed by atoms with van der Waals surface area (Å²) in [5.74, 6) is -0.342. The van der Waals surface area contributed by atoms with Crippen molar-refractivity contribution in [1.29, 1.82) is 0 Å². The predicted octanol–water partition coefficient (Wildman–Crippen LogP) is 2.63. The number of nitrogens with one attached hydrogen (secondary N) is 1. The number of hydrogen-bond donors (Lipinski definition) is 2. The van der Waals surface area contributed by atoms with Crippen LogP contribution in [0.15, 0.2) is 30.5 Å². The molecular formula is C16H22N2O2. The van der Waals surface area contributed by atoms with Crippen molar-refractivity contribution in [2.75, 3.05) is 6.61 Å². The molecule has 0 amide bonds. The van der Waals surface area contributed by atoms with Crippen LogP contribution < -0.4 is 5.73 Å². The first-order chi connectivity index (χ1) is 9.37. The number of hydrogen-bond acceptors (Lipinski definition) is 3. The smallest absolute Gasteiger partial charge is 0.323 e. The minimum atomic E-state index is -0.628. The molecule has 0 spiro atoms. The molecule has 1 aromatic heterocycles. The second kappa shape index (κ2) is 5.67. The largest absolute Gasteiger partial charge is 0.464 e. The van der Waals surface area contributed by atoms with Crippen LogP contribution in [0.5, 0.6) is 0 Å². The third-order valence-electron chi connectivity index (χ3n) is 3.06. The van der Waals surface area contributed by atoms with Crippen molar-refractivity contribution in [3.8, 4) is 0 Å². The molecule has 0 saturated heterocycles. The number of ether oxygens (including phenoxy) is 1. The standard InChI is InChI=1S/C16H22N2O2/c1-16(2,3)10-20-15(19)13(17)8-11-9-18-14-7-5-4-6-12(11)14/h4-7,9,13,18H,8,10,17H2,1-3H3. The van der Waals surface area contributed by atoms with Crippen molar-refractivity contribution in [3.63, 3.8) is 0 Å². The molecule has 0 saturated carbocycles. The van der Waals surface area contributed by atoms with E-state index in [0.29, 0.717) is 13.0 Å². The van der Waals surface area contributed by atoms with Gasteiger partial charge in [-0.1, -0.05) is 39.0 Å². The van der Waals surface area contributed by atoms with E-state index in [1.165, 1.54) is 0 Å². The van der Waals surface area contributed by atoms with Crippen molar-refractivity contribution < 1.29 is 9.53 Å². The Labute approximate surface area is 119 Å². The number of para-hydroxylation sites is 1. The summed E-state index contributed by atoms with van der Waals surface area (Å²) >= 11 is 0. The molecule has 1 aromatic carbocycles. The van der Waals surface area contributed by atoms with Gasteiger partial charge in [-0.05, 0) is 17.0 Å². The molecule has 2 rings (SSSR count). The SMILES string of the molecule is CC(C)(C)COC(=O)C(N)Cc1c[nH]c2ccccc12. The lowest BCUT2D eigenvalue weighted by atomic mass is 9.98. The highest BCUT2D eigenvalue weighted by Gasteiger charge is 2.20. The highest BCUT2D eigenvalue weighted by atomic mass is 16.5. The molecule has 0 aliphatic heterocycles. The molecule has 4 heteroatoms. The first-order valence-electron chi connectivity index (χ1n) is 6.84. The summed E-state index contributed by atoms with van der Waals surface area (Å²) in [6.07, 6.45) is 2.38. The van der Waals surface area contributed by atoms with Crippen LogP contribution in [0, 0.1) is 5.41 Å². The lowest BCUT2D eigenvalue weighted by Gasteiger charge is -2.19. The fourth-order valence-corrected chi connectivity index (χ4v) is 2.02. The highest BCUT2D eigenvalue weighted by molar-refractivity contribution is 5.84. The lowest BCUT2D eigenvalue weighted by Crippen LogP contribution is -2.36. The first kappa shape index (κ1) is 14.6. The molecule has 0 bridgehead atoms. The maximum atomic E-state index is 11.9. The van der Waals surface area contributed by atoms with Crippen LogP contribution in [-0.4, -0.2) is 23.6 Å². The maximum Gasteiger partial charge on any atom is 0.323 e. The molecule has 108 valence electrons. The Morgan fingerprint density at radius 1 is 1.35 bits per heavy atom. The van der Waals surface area contributed by atoms with Gasteiger partial charge in [0.25, 0.3) is 0 Å². The van der Waals surface area contributed by atoms with E-state index < -0.39 is 6.04 Å². The minimum absolute atomic E-state index is 0.0455. The molecular weight excluding hydrogens is 252 g/mol. The predicted molar refractivity (Wildman–Crippen MR) is 80.4 cm³/mol. The number of H-pyrrole nitrogens is 1. The first-order valence-corrected chi connectivity index (χ1v) is 6.84. The van der Waals surface area contributed by atoms with Gasteiger partial charge in [0, 0.05) is 23.5 Å². The number of carbonyl (C=O) groups excluding carboxylic acids is 1. The second-order valence-corrected chi connectivity index (χ2v) is 6.34. The molecule has 0 aliphatic rings. The Bertz CT molecular complexity index is 596. The zero-order valence-corrected chi connectivity index (χ0v) is 12.3. The van der Waals surface area contributed by atoms with Crippen LogP contribution in [0.1, 0.15) is 26.3 Å². The summed E-state index contributed by atoms with van der Waals surface area (Å²) in [4.78, 5) is 15.1. The summed E-state index contributed by atoms with van der Waals surface area (Å²) < 4.78 is 5.25. The molecule has 3 N–H and O–H groups in total. The number of esters is 1. The summed E-state index contributed by atoms with van der Waals surface area (Å²) in [6, 6.07) is 7.34. The summed E-state index contributed by atoms with van der Waals surface area (Å²) in [6.45, 7) is 6.44. The van der Waals surface area contributed by atoms with Gasteiger partial charge in [0.15, 0.2) is 0 Å². The topological polar surface area (TPSA) is 68.1 Å². The number of carbonyl (C=O) groups is 1. The average Bonchev–Trinajstić information content (AvgIpc) is 2.78. The van der Waals surface area contributed by atoms with Gasteiger partial charge < -0.3 is 15.5 Å². The number of aromatic nitrogens is 1. The number of benzene rings is 1. The summed E-state index contributed by atoms with van der Waals surface area (Å²) in [5, 5.41) is 1.10. The lowest BCUT2D eigenvalue weighted by molar-refractivity contribution is -0.147.